The van der Waals surface area contributed by atoms with Crippen LogP contribution in [0.15, 0.2) is 78.9 Å². The van der Waals surface area contributed by atoms with E-state index in [0.717, 1.165) is 24.5 Å². The largest absolute Gasteiger partial charge is 0.384 e. The molecule has 5 rings (SSSR count). The summed E-state index contributed by atoms with van der Waals surface area (Å²) in [6, 6.07) is 28.5. The Bertz CT molecular complexity index is 1340. The van der Waals surface area contributed by atoms with E-state index < -0.39 is 0 Å². The van der Waals surface area contributed by atoms with Gasteiger partial charge in [-0.05, 0) is 72.1 Å². The van der Waals surface area contributed by atoms with Crippen LogP contribution in [0.1, 0.15) is 68.2 Å². The van der Waals surface area contributed by atoms with E-state index >= 15 is 0 Å². The van der Waals surface area contributed by atoms with E-state index in [2.05, 4.69) is 124 Å². The van der Waals surface area contributed by atoms with Crippen LogP contribution in [0.4, 0.5) is 22.9 Å². The van der Waals surface area contributed by atoms with Crippen molar-refractivity contribution >= 4 is 22.9 Å². The fourth-order valence-electron chi connectivity index (χ4n) is 5.36. The van der Waals surface area contributed by atoms with Crippen LogP contribution in [0.3, 0.4) is 0 Å². The molecule has 1 aromatic heterocycles. The lowest BCUT2D eigenvalue weighted by Gasteiger charge is -2.32. The van der Waals surface area contributed by atoms with Gasteiger partial charge in [0.25, 0.3) is 0 Å². The van der Waals surface area contributed by atoms with Crippen molar-refractivity contribution in [3.63, 3.8) is 0 Å². The predicted octanol–water partition coefficient (Wildman–Crippen LogP) is 9.13. The normalized spacial score (nSPS) is 13.0. The Morgan fingerprint density at radius 1 is 0.778 bits per heavy atom. The third-order valence-corrected chi connectivity index (χ3v) is 7.24. The molecule has 1 aliphatic heterocycles. The van der Waals surface area contributed by atoms with Crippen LogP contribution in [-0.4, -0.2) is 11.5 Å². The minimum absolute atomic E-state index is 0.388. The molecule has 0 unspecified atom stereocenters. The molecule has 1 N–H and O–H groups in total. The molecule has 4 aromatic rings. The lowest BCUT2D eigenvalue weighted by Crippen LogP contribution is -2.18. The average molecular weight is 476 g/mol. The molecule has 0 fully saturated rings. The van der Waals surface area contributed by atoms with Gasteiger partial charge in [-0.15, -0.1) is 0 Å². The number of nitrogens with one attached hydrogen (secondary N) is 1. The monoisotopic (exact) mass is 475 g/mol. The molecule has 0 radical (unpaired) electrons. The fraction of sp³-hybridized carbons (Fsp3) is 0.303. The predicted molar refractivity (Wildman–Crippen MR) is 154 cm³/mol. The summed E-state index contributed by atoms with van der Waals surface area (Å²) in [5.41, 5.74) is 11.2. The molecule has 3 heteroatoms. The number of anilines is 4. The maximum atomic E-state index is 5.33. The van der Waals surface area contributed by atoms with Gasteiger partial charge in [-0.1, -0.05) is 88.4 Å². The highest BCUT2D eigenvalue weighted by Gasteiger charge is 2.25. The quantitative estimate of drug-likeness (QED) is 0.301. The number of aromatic nitrogens is 1. The van der Waals surface area contributed by atoms with Crippen LogP contribution in [0.25, 0.3) is 11.3 Å². The van der Waals surface area contributed by atoms with Gasteiger partial charge in [0.05, 0.1) is 17.1 Å². The number of rotatable bonds is 6. The standard InChI is InChI=1S/C33H37N3/c1-22(2)26-15-9-16-27(23(3)4)33(26)36(30-19-7-6-12-24(30)5)31-20-10-18-29(35-31)28-17-8-13-25-14-11-21-34-32(25)28/h6-10,12-13,15-20,22-23,34H,11,14,21H2,1-5H3. The minimum Gasteiger partial charge on any atom is -0.384 e. The van der Waals surface area contributed by atoms with E-state index in [9.17, 15) is 0 Å². The van der Waals surface area contributed by atoms with Crippen molar-refractivity contribution in [3.05, 3.63) is 101 Å². The molecule has 36 heavy (non-hydrogen) atoms. The first-order valence-corrected chi connectivity index (χ1v) is 13.3. The Balaban J connectivity index is 1.75. The molecule has 0 spiro atoms. The Morgan fingerprint density at radius 3 is 2.19 bits per heavy atom. The van der Waals surface area contributed by atoms with Crippen molar-refractivity contribution in [3.8, 4) is 11.3 Å². The van der Waals surface area contributed by atoms with Crippen molar-refractivity contribution in [2.24, 2.45) is 0 Å². The topological polar surface area (TPSA) is 28.2 Å². The van der Waals surface area contributed by atoms with Gasteiger partial charge in [0.15, 0.2) is 0 Å². The lowest BCUT2D eigenvalue weighted by atomic mass is 9.91. The Labute approximate surface area is 216 Å². The van der Waals surface area contributed by atoms with E-state index in [4.69, 9.17) is 4.98 Å². The number of hydrogen-bond acceptors (Lipinski definition) is 3. The molecular weight excluding hydrogens is 438 g/mol. The molecule has 184 valence electrons. The van der Waals surface area contributed by atoms with Crippen molar-refractivity contribution in [1.29, 1.82) is 0 Å². The molecule has 2 heterocycles. The molecule has 0 atom stereocenters. The van der Waals surface area contributed by atoms with Gasteiger partial charge in [-0.3, -0.25) is 4.90 Å². The van der Waals surface area contributed by atoms with Crippen molar-refractivity contribution in [2.45, 2.75) is 59.3 Å². The summed E-state index contributed by atoms with van der Waals surface area (Å²) < 4.78 is 0. The number of benzene rings is 3. The third kappa shape index (κ3) is 4.51. The van der Waals surface area contributed by atoms with E-state index in [1.807, 2.05) is 0 Å². The van der Waals surface area contributed by atoms with Crippen LogP contribution in [0.5, 0.6) is 0 Å². The Hall–Kier alpha value is -3.59. The van der Waals surface area contributed by atoms with Crippen LogP contribution >= 0.6 is 0 Å². The van der Waals surface area contributed by atoms with Crippen LogP contribution in [0, 0.1) is 6.92 Å². The average Bonchev–Trinajstić information content (AvgIpc) is 2.89. The zero-order valence-electron chi connectivity index (χ0n) is 22.2. The fourth-order valence-corrected chi connectivity index (χ4v) is 5.36. The summed E-state index contributed by atoms with van der Waals surface area (Å²) in [7, 11) is 0. The first kappa shape index (κ1) is 24.1. The van der Waals surface area contributed by atoms with E-state index in [1.54, 1.807) is 0 Å². The summed E-state index contributed by atoms with van der Waals surface area (Å²) in [6.45, 7) is 12.3. The summed E-state index contributed by atoms with van der Waals surface area (Å²) in [5.74, 6) is 1.72. The molecule has 0 bridgehead atoms. The number of nitrogens with zero attached hydrogens (tertiary/aromatic N) is 2. The third-order valence-electron chi connectivity index (χ3n) is 7.24. The molecule has 3 aromatic carbocycles. The summed E-state index contributed by atoms with van der Waals surface area (Å²) in [4.78, 5) is 7.73. The lowest BCUT2D eigenvalue weighted by molar-refractivity contribution is 0.829. The van der Waals surface area contributed by atoms with Crippen molar-refractivity contribution in [1.82, 2.24) is 4.98 Å². The van der Waals surface area contributed by atoms with E-state index in [1.165, 1.54) is 51.3 Å². The number of aryl methyl sites for hydroxylation is 2. The molecular formula is C33H37N3. The van der Waals surface area contributed by atoms with Gasteiger partial charge in [0.2, 0.25) is 0 Å². The van der Waals surface area contributed by atoms with Crippen molar-refractivity contribution < 1.29 is 0 Å². The van der Waals surface area contributed by atoms with Crippen LogP contribution in [-0.2, 0) is 6.42 Å². The molecule has 0 aliphatic carbocycles. The smallest absolute Gasteiger partial charge is 0.138 e. The van der Waals surface area contributed by atoms with E-state index in [0.29, 0.717) is 11.8 Å². The second-order valence-electron chi connectivity index (χ2n) is 10.5. The number of fused-ring (bicyclic) bond motifs is 1. The SMILES string of the molecule is Cc1ccccc1N(c1cccc(-c2cccc3c2NCCC3)n1)c1c(C(C)C)cccc1C(C)C. The molecule has 1 aliphatic rings. The highest BCUT2D eigenvalue weighted by atomic mass is 15.2. The Kier molecular flexibility index (Phi) is 6.82. The van der Waals surface area contributed by atoms with Gasteiger partial charge in [0, 0.05) is 17.8 Å². The maximum absolute atomic E-state index is 5.33. The summed E-state index contributed by atoms with van der Waals surface area (Å²) in [5, 5.41) is 3.65. The molecule has 0 saturated carbocycles. The van der Waals surface area contributed by atoms with Gasteiger partial charge < -0.3 is 5.32 Å². The number of para-hydroxylation sites is 3. The maximum Gasteiger partial charge on any atom is 0.138 e. The van der Waals surface area contributed by atoms with E-state index in [-0.39, 0.29) is 0 Å². The summed E-state index contributed by atoms with van der Waals surface area (Å²) in [6.07, 6.45) is 2.29. The zero-order chi connectivity index (χ0) is 25.2. The molecule has 0 saturated heterocycles. The van der Waals surface area contributed by atoms with Gasteiger partial charge in [-0.25, -0.2) is 4.98 Å². The van der Waals surface area contributed by atoms with Crippen LogP contribution in [0.2, 0.25) is 0 Å². The summed E-state index contributed by atoms with van der Waals surface area (Å²) >= 11 is 0. The van der Waals surface area contributed by atoms with Gasteiger partial charge >= 0.3 is 0 Å². The first-order chi connectivity index (χ1) is 17.5. The zero-order valence-corrected chi connectivity index (χ0v) is 22.2. The Morgan fingerprint density at radius 2 is 1.47 bits per heavy atom. The van der Waals surface area contributed by atoms with Crippen LogP contribution < -0.4 is 10.2 Å². The highest BCUT2D eigenvalue weighted by Crippen LogP contribution is 2.44. The second-order valence-corrected chi connectivity index (χ2v) is 10.5. The van der Waals surface area contributed by atoms with Gasteiger partial charge in [0.1, 0.15) is 5.82 Å². The van der Waals surface area contributed by atoms with Gasteiger partial charge in [-0.2, -0.15) is 0 Å². The van der Waals surface area contributed by atoms with Crippen molar-refractivity contribution in [2.75, 3.05) is 16.8 Å². The first-order valence-electron chi connectivity index (χ1n) is 13.3. The molecule has 3 nitrogen and oxygen atoms in total. The molecule has 0 amide bonds. The number of pyridine rings is 1. The second kappa shape index (κ2) is 10.2. The highest BCUT2D eigenvalue weighted by molar-refractivity contribution is 5.84. The number of hydrogen-bond donors (Lipinski definition) is 1. The minimum atomic E-state index is 0.388.